The molecule has 0 aliphatic carbocycles. The van der Waals surface area contributed by atoms with Crippen LogP contribution in [0.25, 0.3) is 31.8 Å². The minimum absolute atomic E-state index is 0.0622. The number of carbonyl (C=O) groups excluding carboxylic acids is 1. The van der Waals surface area contributed by atoms with Crippen LogP contribution < -0.4 is 5.32 Å². The topological polar surface area (TPSA) is 55.1 Å². The van der Waals surface area contributed by atoms with Gasteiger partial charge in [0.15, 0.2) is 0 Å². The van der Waals surface area contributed by atoms with Crippen LogP contribution in [-0.4, -0.2) is 10.9 Å². The number of thiazole rings is 1. The number of anilines is 1. The Kier molecular flexibility index (Phi) is 5.04. The standard InChI is InChI=1S/C26H22N2O2S/c1-3-17-5-11-23-21(13-17)19(15-30-23)14-25(29)27-20-8-6-18(7-9-20)26-28-22-10-4-16(2)12-24(22)31-26/h4-13,15H,3,14H2,1-2H3,(H,27,29). The normalized spacial score (nSPS) is 11.3. The van der Waals surface area contributed by atoms with Gasteiger partial charge in [-0.25, -0.2) is 4.98 Å². The van der Waals surface area contributed by atoms with E-state index in [2.05, 4.69) is 49.5 Å². The van der Waals surface area contributed by atoms with E-state index in [1.807, 2.05) is 30.3 Å². The maximum Gasteiger partial charge on any atom is 0.228 e. The first kappa shape index (κ1) is 19.5. The Morgan fingerprint density at radius 1 is 1.06 bits per heavy atom. The molecule has 0 saturated heterocycles. The number of benzene rings is 3. The Morgan fingerprint density at radius 2 is 1.90 bits per heavy atom. The minimum Gasteiger partial charge on any atom is -0.464 e. The van der Waals surface area contributed by atoms with Crippen LogP contribution in [0.1, 0.15) is 23.6 Å². The molecule has 154 valence electrons. The van der Waals surface area contributed by atoms with E-state index in [0.717, 1.165) is 44.7 Å². The number of furan rings is 1. The van der Waals surface area contributed by atoms with Gasteiger partial charge in [-0.3, -0.25) is 4.79 Å². The molecule has 0 aliphatic heterocycles. The molecule has 0 aliphatic rings. The molecule has 0 spiro atoms. The molecule has 0 unspecified atom stereocenters. The molecule has 5 heteroatoms. The van der Waals surface area contributed by atoms with Gasteiger partial charge in [0.2, 0.25) is 5.91 Å². The molecule has 0 bridgehead atoms. The van der Waals surface area contributed by atoms with Crippen LogP contribution in [0, 0.1) is 6.92 Å². The monoisotopic (exact) mass is 426 g/mol. The average molecular weight is 427 g/mol. The van der Waals surface area contributed by atoms with Gasteiger partial charge in [0.1, 0.15) is 10.6 Å². The zero-order valence-corrected chi connectivity index (χ0v) is 18.3. The molecule has 0 saturated carbocycles. The number of rotatable bonds is 5. The summed E-state index contributed by atoms with van der Waals surface area (Å²) in [5.74, 6) is -0.0622. The molecule has 0 radical (unpaired) electrons. The largest absolute Gasteiger partial charge is 0.464 e. The van der Waals surface area contributed by atoms with E-state index in [0.29, 0.717) is 0 Å². The van der Waals surface area contributed by atoms with Crippen LogP contribution in [0.15, 0.2) is 71.3 Å². The van der Waals surface area contributed by atoms with Crippen LogP contribution in [0.5, 0.6) is 0 Å². The van der Waals surface area contributed by atoms with Gasteiger partial charge >= 0.3 is 0 Å². The summed E-state index contributed by atoms with van der Waals surface area (Å²) in [4.78, 5) is 17.3. The van der Waals surface area contributed by atoms with Crippen LogP contribution in [0.2, 0.25) is 0 Å². The van der Waals surface area contributed by atoms with Crippen molar-refractivity contribution >= 4 is 44.1 Å². The first-order valence-electron chi connectivity index (χ1n) is 10.4. The van der Waals surface area contributed by atoms with E-state index in [1.54, 1.807) is 17.6 Å². The summed E-state index contributed by atoms with van der Waals surface area (Å²) < 4.78 is 6.80. The molecule has 2 aromatic heterocycles. The average Bonchev–Trinajstić information content (AvgIpc) is 3.37. The second kappa shape index (κ2) is 8.00. The van der Waals surface area contributed by atoms with Gasteiger partial charge in [0.25, 0.3) is 0 Å². The number of carbonyl (C=O) groups is 1. The third kappa shape index (κ3) is 3.97. The van der Waals surface area contributed by atoms with Gasteiger partial charge in [0.05, 0.1) is 22.9 Å². The summed E-state index contributed by atoms with van der Waals surface area (Å²) in [5.41, 5.74) is 7.02. The molecule has 0 fully saturated rings. The smallest absolute Gasteiger partial charge is 0.228 e. The number of nitrogens with one attached hydrogen (secondary N) is 1. The van der Waals surface area contributed by atoms with Crippen molar-refractivity contribution in [3.8, 4) is 10.6 Å². The SMILES string of the molecule is CCc1ccc2occ(CC(=O)Nc3ccc(-c4nc5ccc(C)cc5s4)cc3)c2c1. The highest BCUT2D eigenvalue weighted by Gasteiger charge is 2.12. The predicted octanol–water partition coefficient (Wildman–Crippen LogP) is 6.76. The molecular formula is C26H22N2O2S. The Labute approximate surface area is 184 Å². The van der Waals surface area contributed by atoms with E-state index in [9.17, 15) is 4.79 Å². The summed E-state index contributed by atoms with van der Waals surface area (Å²) in [6, 6.07) is 20.3. The Bertz CT molecular complexity index is 1400. The highest BCUT2D eigenvalue weighted by Crippen LogP contribution is 2.31. The van der Waals surface area contributed by atoms with Crippen LogP contribution in [0.3, 0.4) is 0 Å². The number of hydrogen-bond acceptors (Lipinski definition) is 4. The molecule has 5 aromatic rings. The highest BCUT2D eigenvalue weighted by molar-refractivity contribution is 7.21. The molecule has 2 heterocycles. The summed E-state index contributed by atoms with van der Waals surface area (Å²) >= 11 is 1.68. The Morgan fingerprint density at radius 3 is 2.71 bits per heavy atom. The number of fused-ring (bicyclic) bond motifs is 2. The van der Waals surface area contributed by atoms with Crippen molar-refractivity contribution in [3.05, 3.63) is 83.6 Å². The lowest BCUT2D eigenvalue weighted by atomic mass is 10.1. The quantitative estimate of drug-likeness (QED) is 0.338. The Balaban J connectivity index is 1.30. The molecule has 5 rings (SSSR count). The summed E-state index contributed by atoms with van der Waals surface area (Å²) in [6.07, 6.45) is 2.91. The first-order chi connectivity index (χ1) is 15.1. The van der Waals surface area contributed by atoms with E-state index >= 15 is 0 Å². The Hall–Kier alpha value is -3.44. The van der Waals surface area contributed by atoms with Crippen molar-refractivity contribution in [2.24, 2.45) is 0 Å². The van der Waals surface area contributed by atoms with E-state index in [-0.39, 0.29) is 12.3 Å². The maximum absolute atomic E-state index is 12.6. The fourth-order valence-electron chi connectivity index (χ4n) is 3.72. The summed E-state index contributed by atoms with van der Waals surface area (Å²) in [7, 11) is 0. The van der Waals surface area contributed by atoms with Crippen molar-refractivity contribution in [3.63, 3.8) is 0 Å². The van der Waals surface area contributed by atoms with Crippen molar-refractivity contribution in [2.45, 2.75) is 26.7 Å². The second-order valence-corrected chi connectivity index (χ2v) is 8.77. The predicted molar refractivity (Wildman–Crippen MR) is 128 cm³/mol. The van der Waals surface area contributed by atoms with Crippen LogP contribution >= 0.6 is 11.3 Å². The third-order valence-electron chi connectivity index (χ3n) is 5.44. The van der Waals surface area contributed by atoms with Crippen LogP contribution in [-0.2, 0) is 17.6 Å². The molecule has 0 atom stereocenters. The zero-order valence-electron chi connectivity index (χ0n) is 17.4. The molecule has 31 heavy (non-hydrogen) atoms. The molecule has 3 aromatic carbocycles. The van der Waals surface area contributed by atoms with Gasteiger partial charge < -0.3 is 9.73 Å². The lowest BCUT2D eigenvalue weighted by molar-refractivity contribution is -0.115. The molecule has 4 nitrogen and oxygen atoms in total. The van der Waals surface area contributed by atoms with Crippen LogP contribution in [0.4, 0.5) is 5.69 Å². The number of hydrogen-bond donors (Lipinski definition) is 1. The molecule has 1 amide bonds. The molecule has 1 N–H and O–H groups in total. The minimum atomic E-state index is -0.0622. The van der Waals surface area contributed by atoms with Crippen molar-refractivity contribution < 1.29 is 9.21 Å². The fourth-order valence-corrected chi connectivity index (χ4v) is 4.78. The third-order valence-corrected chi connectivity index (χ3v) is 6.50. The van der Waals surface area contributed by atoms with Crippen molar-refractivity contribution in [1.82, 2.24) is 4.98 Å². The maximum atomic E-state index is 12.6. The van der Waals surface area contributed by atoms with Crippen molar-refractivity contribution in [1.29, 1.82) is 0 Å². The zero-order chi connectivity index (χ0) is 21.4. The number of aromatic nitrogens is 1. The van der Waals surface area contributed by atoms with Gasteiger partial charge in [0, 0.05) is 22.2 Å². The van der Waals surface area contributed by atoms with Gasteiger partial charge in [-0.05, 0) is 73.0 Å². The first-order valence-corrected chi connectivity index (χ1v) is 11.2. The summed E-state index contributed by atoms with van der Waals surface area (Å²) in [6.45, 7) is 4.21. The van der Waals surface area contributed by atoms with Gasteiger partial charge in [-0.1, -0.05) is 19.1 Å². The van der Waals surface area contributed by atoms with E-state index in [4.69, 9.17) is 9.40 Å². The highest BCUT2D eigenvalue weighted by atomic mass is 32.1. The van der Waals surface area contributed by atoms with Gasteiger partial charge in [-0.15, -0.1) is 11.3 Å². The van der Waals surface area contributed by atoms with Crippen molar-refractivity contribution in [2.75, 3.05) is 5.32 Å². The molecular weight excluding hydrogens is 404 g/mol. The van der Waals surface area contributed by atoms with Gasteiger partial charge in [-0.2, -0.15) is 0 Å². The lowest BCUT2D eigenvalue weighted by Crippen LogP contribution is -2.14. The fraction of sp³-hybridized carbons (Fsp3) is 0.154. The number of nitrogens with zero attached hydrogens (tertiary/aromatic N) is 1. The lowest BCUT2D eigenvalue weighted by Gasteiger charge is -2.06. The number of aryl methyl sites for hydroxylation is 2. The van der Waals surface area contributed by atoms with E-state index in [1.165, 1.54) is 15.8 Å². The number of amides is 1. The van der Waals surface area contributed by atoms with E-state index < -0.39 is 0 Å². The second-order valence-electron chi connectivity index (χ2n) is 7.74. The summed E-state index contributed by atoms with van der Waals surface area (Å²) in [5, 5.41) is 4.98.